The molecule has 9 heteroatoms. The zero-order valence-electron chi connectivity index (χ0n) is 15.2. The van der Waals surface area contributed by atoms with E-state index in [1.54, 1.807) is 4.90 Å². The molecule has 5 nitrogen and oxygen atoms in total. The molecule has 1 fully saturated rings. The van der Waals surface area contributed by atoms with Gasteiger partial charge in [0.15, 0.2) is 0 Å². The average Bonchev–Trinajstić information content (AvgIpc) is 2.70. The fourth-order valence-electron chi connectivity index (χ4n) is 2.97. The minimum absolute atomic E-state index is 0.0345. The van der Waals surface area contributed by atoms with Crippen LogP contribution in [0.25, 0.3) is 0 Å². The third kappa shape index (κ3) is 4.53. The van der Waals surface area contributed by atoms with Crippen LogP contribution in [0.5, 0.6) is 0 Å². The summed E-state index contributed by atoms with van der Waals surface area (Å²) in [5.74, 6) is -1.89. The van der Waals surface area contributed by atoms with E-state index in [0.29, 0.717) is 6.07 Å². The highest BCUT2D eigenvalue weighted by Gasteiger charge is 2.33. The minimum Gasteiger partial charge on any atom is -0.339 e. The summed E-state index contributed by atoms with van der Waals surface area (Å²) >= 11 is 1.44. The Morgan fingerprint density at radius 1 is 1.04 bits per heavy atom. The highest BCUT2D eigenvalue weighted by Crippen LogP contribution is 2.26. The Balaban J connectivity index is 1.63. The zero-order chi connectivity index (χ0) is 20.3. The van der Waals surface area contributed by atoms with Crippen molar-refractivity contribution in [3.05, 3.63) is 60.2 Å². The quantitative estimate of drug-likeness (QED) is 0.690. The van der Waals surface area contributed by atoms with Crippen molar-refractivity contribution in [2.45, 2.75) is 22.0 Å². The van der Waals surface area contributed by atoms with Crippen LogP contribution in [0.3, 0.4) is 0 Å². The van der Waals surface area contributed by atoms with Gasteiger partial charge in [0, 0.05) is 31.1 Å². The maximum atomic E-state index is 13.9. The SMILES string of the molecule is C[C@@H](Sc1ccccc1)C(=O)N1CCN(S(=O)(=O)c2cc(F)ccc2F)CC1. The van der Waals surface area contributed by atoms with E-state index in [2.05, 4.69) is 0 Å². The van der Waals surface area contributed by atoms with Crippen molar-refractivity contribution < 1.29 is 22.0 Å². The lowest BCUT2D eigenvalue weighted by Crippen LogP contribution is -2.52. The van der Waals surface area contributed by atoms with Gasteiger partial charge in [0.05, 0.1) is 5.25 Å². The van der Waals surface area contributed by atoms with Crippen molar-refractivity contribution in [2.75, 3.05) is 26.2 Å². The van der Waals surface area contributed by atoms with Crippen molar-refractivity contribution >= 4 is 27.7 Å². The van der Waals surface area contributed by atoms with E-state index < -0.39 is 26.6 Å². The number of thioether (sulfide) groups is 1. The lowest BCUT2D eigenvalue weighted by atomic mass is 10.3. The largest absolute Gasteiger partial charge is 0.339 e. The van der Waals surface area contributed by atoms with Gasteiger partial charge in [-0.05, 0) is 37.3 Å². The molecular weight excluding hydrogens is 406 g/mol. The summed E-state index contributed by atoms with van der Waals surface area (Å²) in [6.45, 7) is 2.29. The van der Waals surface area contributed by atoms with Crippen LogP contribution in [-0.2, 0) is 14.8 Å². The first-order valence-corrected chi connectivity index (χ1v) is 11.1. The normalized spacial score (nSPS) is 16.8. The highest BCUT2D eigenvalue weighted by molar-refractivity contribution is 8.00. The summed E-state index contributed by atoms with van der Waals surface area (Å²) in [7, 11) is -4.16. The number of halogens is 2. The van der Waals surface area contributed by atoms with Gasteiger partial charge in [0.2, 0.25) is 15.9 Å². The van der Waals surface area contributed by atoms with E-state index in [9.17, 15) is 22.0 Å². The Labute approximate surface area is 167 Å². The molecule has 3 rings (SSSR count). The van der Waals surface area contributed by atoms with Gasteiger partial charge in [-0.2, -0.15) is 4.31 Å². The Hall–Kier alpha value is -1.97. The Kier molecular flexibility index (Phi) is 6.36. The molecule has 28 heavy (non-hydrogen) atoms. The maximum Gasteiger partial charge on any atom is 0.246 e. The van der Waals surface area contributed by atoms with Crippen molar-refractivity contribution in [3.8, 4) is 0 Å². The standard InChI is InChI=1S/C19H20F2N2O3S2/c1-14(27-16-5-3-2-4-6-16)19(24)22-9-11-23(12-10-22)28(25,26)18-13-15(20)7-8-17(18)21/h2-8,13-14H,9-12H2,1H3/t14-/m1/s1. The van der Waals surface area contributed by atoms with Crippen LogP contribution in [0.1, 0.15) is 6.92 Å². The van der Waals surface area contributed by atoms with E-state index in [4.69, 9.17) is 0 Å². The Bertz CT molecular complexity index is 947. The van der Waals surface area contributed by atoms with Crippen LogP contribution in [0, 0.1) is 11.6 Å². The number of hydrogen-bond donors (Lipinski definition) is 0. The van der Waals surface area contributed by atoms with Crippen molar-refractivity contribution in [2.24, 2.45) is 0 Å². The number of sulfonamides is 1. The molecule has 1 amide bonds. The molecule has 0 bridgehead atoms. The number of hydrogen-bond acceptors (Lipinski definition) is 4. The van der Waals surface area contributed by atoms with Crippen LogP contribution in [0.4, 0.5) is 8.78 Å². The first-order valence-electron chi connectivity index (χ1n) is 8.75. The Morgan fingerprint density at radius 3 is 2.32 bits per heavy atom. The van der Waals surface area contributed by atoms with Gasteiger partial charge in [-0.1, -0.05) is 18.2 Å². The summed E-state index contributed by atoms with van der Waals surface area (Å²) in [4.78, 5) is 14.6. The molecule has 0 unspecified atom stereocenters. The molecular formula is C19H20F2N2O3S2. The third-order valence-electron chi connectivity index (χ3n) is 4.47. The van der Waals surface area contributed by atoms with Gasteiger partial charge in [0.25, 0.3) is 0 Å². The highest BCUT2D eigenvalue weighted by atomic mass is 32.2. The van der Waals surface area contributed by atoms with Crippen molar-refractivity contribution in [3.63, 3.8) is 0 Å². The first-order chi connectivity index (χ1) is 13.3. The minimum atomic E-state index is -4.16. The van der Waals surface area contributed by atoms with Gasteiger partial charge in [-0.25, -0.2) is 17.2 Å². The summed E-state index contributed by atoms with van der Waals surface area (Å²) in [6, 6.07) is 11.9. The molecule has 0 aromatic heterocycles. The van der Waals surface area contributed by atoms with E-state index in [1.807, 2.05) is 37.3 Å². The fraction of sp³-hybridized carbons (Fsp3) is 0.316. The fourth-order valence-corrected chi connectivity index (χ4v) is 5.44. The van der Waals surface area contributed by atoms with Gasteiger partial charge in [-0.3, -0.25) is 4.79 Å². The topological polar surface area (TPSA) is 57.7 Å². The van der Waals surface area contributed by atoms with Gasteiger partial charge in [0.1, 0.15) is 16.5 Å². The van der Waals surface area contributed by atoms with Crippen LogP contribution in [0.15, 0.2) is 58.3 Å². The predicted octanol–water partition coefficient (Wildman–Crippen LogP) is 2.98. The second-order valence-corrected chi connectivity index (χ2v) is 9.70. The number of piperazine rings is 1. The number of amides is 1. The summed E-state index contributed by atoms with van der Waals surface area (Å²) in [5, 5.41) is -0.314. The van der Waals surface area contributed by atoms with E-state index in [1.165, 1.54) is 11.8 Å². The average molecular weight is 427 g/mol. The Morgan fingerprint density at radius 2 is 1.68 bits per heavy atom. The van der Waals surface area contributed by atoms with Crippen LogP contribution in [-0.4, -0.2) is 55.0 Å². The molecule has 1 aliphatic rings. The first kappa shape index (κ1) is 20.8. The molecule has 1 saturated heterocycles. The van der Waals surface area contributed by atoms with Gasteiger partial charge in [-0.15, -0.1) is 11.8 Å². The second kappa shape index (κ2) is 8.59. The van der Waals surface area contributed by atoms with Crippen LogP contribution < -0.4 is 0 Å². The molecule has 0 saturated carbocycles. The van der Waals surface area contributed by atoms with Crippen molar-refractivity contribution in [1.29, 1.82) is 0 Å². The molecule has 150 valence electrons. The number of carbonyl (C=O) groups excluding carboxylic acids is 1. The van der Waals surface area contributed by atoms with E-state index in [-0.39, 0.29) is 37.3 Å². The summed E-state index contributed by atoms with van der Waals surface area (Å²) < 4.78 is 53.6. The molecule has 2 aromatic carbocycles. The van der Waals surface area contributed by atoms with Gasteiger partial charge >= 0.3 is 0 Å². The van der Waals surface area contributed by atoms with E-state index in [0.717, 1.165) is 21.3 Å². The summed E-state index contributed by atoms with van der Waals surface area (Å²) in [6.07, 6.45) is 0. The maximum absolute atomic E-state index is 13.9. The van der Waals surface area contributed by atoms with Crippen LogP contribution >= 0.6 is 11.8 Å². The molecule has 0 aliphatic carbocycles. The monoisotopic (exact) mass is 426 g/mol. The number of carbonyl (C=O) groups is 1. The van der Waals surface area contributed by atoms with Gasteiger partial charge < -0.3 is 4.90 Å². The second-order valence-electron chi connectivity index (χ2n) is 6.38. The predicted molar refractivity (Wildman–Crippen MR) is 103 cm³/mol. The van der Waals surface area contributed by atoms with Crippen molar-refractivity contribution in [1.82, 2.24) is 9.21 Å². The molecule has 1 aliphatic heterocycles. The molecule has 1 atom stereocenters. The molecule has 1 heterocycles. The lowest BCUT2D eigenvalue weighted by molar-refractivity contribution is -0.131. The lowest BCUT2D eigenvalue weighted by Gasteiger charge is -2.35. The zero-order valence-corrected chi connectivity index (χ0v) is 16.8. The molecule has 2 aromatic rings. The number of nitrogens with zero attached hydrogens (tertiary/aromatic N) is 2. The number of benzene rings is 2. The molecule has 0 radical (unpaired) electrons. The molecule has 0 spiro atoms. The third-order valence-corrected chi connectivity index (χ3v) is 7.48. The molecule has 0 N–H and O–H groups in total. The smallest absolute Gasteiger partial charge is 0.246 e. The van der Waals surface area contributed by atoms with Crippen LogP contribution in [0.2, 0.25) is 0 Å². The number of rotatable bonds is 5. The summed E-state index contributed by atoms with van der Waals surface area (Å²) in [5.41, 5.74) is 0. The van der Waals surface area contributed by atoms with E-state index >= 15 is 0 Å².